The largest absolute Gasteiger partial charge is 0.480 e. The van der Waals surface area contributed by atoms with Crippen LogP contribution in [0.5, 0.6) is 5.75 Å². The fourth-order valence-corrected chi connectivity index (χ4v) is 3.07. The maximum atomic E-state index is 12.1. The van der Waals surface area contributed by atoms with E-state index in [1.807, 2.05) is 20.9 Å². The second-order valence-electron chi connectivity index (χ2n) is 6.37. The Balaban J connectivity index is 1.84. The van der Waals surface area contributed by atoms with Crippen molar-refractivity contribution in [1.82, 2.24) is 20.4 Å². The van der Waals surface area contributed by atoms with Gasteiger partial charge in [0.25, 0.3) is 5.91 Å². The minimum atomic E-state index is -0.110. The van der Waals surface area contributed by atoms with Gasteiger partial charge in [-0.05, 0) is 39.8 Å². The first-order chi connectivity index (χ1) is 11.0. The van der Waals surface area contributed by atoms with E-state index in [0.29, 0.717) is 18.9 Å². The van der Waals surface area contributed by atoms with E-state index < -0.39 is 0 Å². The second kappa shape index (κ2) is 7.79. The van der Waals surface area contributed by atoms with Crippen LogP contribution < -0.4 is 15.4 Å². The number of ether oxygens (including phenoxy) is 2. The summed E-state index contributed by atoms with van der Waals surface area (Å²) in [5.41, 5.74) is 1.74. The Labute approximate surface area is 137 Å². The first-order valence-electron chi connectivity index (χ1n) is 8.07. The summed E-state index contributed by atoms with van der Waals surface area (Å²) in [6, 6.07) is 0. The van der Waals surface area contributed by atoms with E-state index in [0.717, 1.165) is 37.3 Å². The molecule has 1 fully saturated rings. The van der Waals surface area contributed by atoms with E-state index in [2.05, 4.69) is 15.7 Å². The van der Waals surface area contributed by atoms with Crippen molar-refractivity contribution < 1.29 is 14.3 Å². The molecule has 1 amide bonds. The van der Waals surface area contributed by atoms with Crippen LogP contribution in [0, 0.1) is 19.3 Å². The highest BCUT2D eigenvalue weighted by atomic mass is 16.5. The highest BCUT2D eigenvalue weighted by Gasteiger charge is 2.32. The van der Waals surface area contributed by atoms with Crippen LogP contribution in [0.1, 0.15) is 24.2 Å². The van der Waals surface area contributed by atoms with Gasteiger partial charge in [-0.25, -0.2) is 0 Å². The predicted molar refractivity (Wildman–Crippen MR) is 87.6 cm³/mol. The lowest BCUT2D eigenvalue weighted by Gasteiger charge is -2.37. The average Bonchev–Trinajstić information content (AvgIpc) is 2.77. The highest BCUT2D eigenvalue weighted by molar-refractivity contribution is 5.77. The number of carbonyl (C=O) groups excluding carboxylic acids is 1. The molecule has 2 rings (SSSR count). The summed E-state index contributed by atoms with van der Waals surface area (Å²) in [6.07, 6.45) is 2.01. The molecule has 1 aromatic rings. The van der Waals surface area contributed by atoms with Gasteiger partial charge in [0.15, 0.2) is 12.4 Å². The number of amides is 1. The molecule has 1 aromatic heterocycles. The molecule has 2 N–H and O–H groups in total. The number of rotatable bonds is 7. The van der Waals surface area contributed by atoms with Gasteiger partial charge in [0.2, 0.25) is 0 Å². The van der Waals surface area contributed by atoms with Crippen LogP contribution in [0.25, 0.3) is 0 Å². The summed E-state index contributed by atoms with van der Waals surface area (Å²) in [4.78, 5) is 12.1. The second-order valence-corrected chi connectivity index (χ2v) is 6.37. The molecule has 1 aliphatic heterocycles. The van der Waals surface area contributed by atoms with Crippen LogP contribution in [0.15, 0.2) is 0 Å². The Morgan fingerprint density at radius 2 is 2.09 bits per heavy atom. The van der Waals surface area contributed by atoms with Gasteiger partial charge in [0, 0.05) is 26.1 Å². The van der Waals surface area contributed by atoms with Gasteiger partial charge in [-0.2, -0.15) is 5.10 Å². The SMILES string of the molecule is COCC1(CNC(=O)COc2c(C)nn(C)c2C)CCNCC1. The molecular formula is C16H28N4O3. The minimum Gasteiger partial charge on any atom is -0.480 e. The highest BCUT2D eigenvalue weighted by Crippen LogP contribution is 2.28. The quantitative estimate of drug-likeness (QED) is 0.766. The standard InChI is InChI=1S/C16H28N4O3/c1-12-15(13(2)20(3)19-12)23-9-14(21)18-10-16(11-22-4)5-7-17-8-6-16/h17H,5-11H2,1-4H3,(H,18,21). The lowest BCUT2D eigenvalue weighted by atomic mass is 9.79. The normalized spacial score (nSPS) is 17.0. The van der Waals surface area contributed by atoms with Crippen molar-refractivity contribution in [2.75, 3.05) is 40.0 Å². The summed E-state index contributed by atoms with van der Waals surface area (Å²) in [6.45, 7) is 7.02. The topological polar surface area (TPSA) is 77.4 Å². The lowest BCUT2D eigenvalue weighted by Crippen LogP contribution is -2.47. The molecule has 0 saturated carbocycles. The van der Waals surface area contributed by atoms with E-state index in [4.69, 9.17) is 9.47 Å². The summed E-state index contributed by atoms with van der Waals surface area (Å²) in [7, 11) is 3.57. The van der Waals surface area contributed by atoms with Crippen molar-refractivity contribution in [3.8, 4) is 5.75 Å². The molecule has 0 bridgehead atoms. The molecule has 0 atom stereocenters. The van der Waals surface area contributed by atoms with Crippen LogP contribution in [0.4, 0.5) is 0 Å². The van der Waals surface area contributed by atoms with Gasteiger partial charge in [0.1, 0.15) is 5.69 Å². The van der Waals surface area contributed by atoms with Crippen LogP contribution >= 0.6 is 0 Å². The van der Waals surface area contributed by atoms with Crippen LogP contribution in [0.2, 0.25) is 0 Å². The van der Waals surface area contributed by atoms with Crippen molar-refractivity contribution in [2.45, 2.75) is 26.7 Å². The number of methoxy groups -OCH3 is 1. The van der Waals surface area contributed by atoms with Crippen molar-refractivity contribution in [3.05, 3.63) is 11.4 Å². The molecule has 130 valence electrons. The van der Waals surface area contributed by atoms with Gasteiger partial charge >= 0.3 is 0 Å². The molecule has 1 saturated heterocycles. The summed E-state index contributed by atoms with van der Waals surface area (Å²) in [5.74, 6) is 0.581. The Kier molecular flexibility index (Phi) is 6.01. The number of aryl methyl sites for hydroxylation is 2. The zero-order chi connectivity index (χ0) is 16.9. The third-order valence-electron chi connectivity index (χ3n) is 4.57. The Bertz CT molecular complexity index is 530. The molecule has 0 spiro atoms. The fraction of sp³-hybridized carbons (Fsp3) is 0.750. The predicted octanol–water partition coefficient (Wildman–Crippen LogP) is 0.548. The van der Waals surface area contributed by atoms with Gasteiger partial charge < -0.3 is 20.1 Å². The molecule has 7 nitrogen and oxygen atoms in total. The number of piperidine rings is 1. The van der Waals surface area contributed by atoms with E-state index in [9.17, 15) is 4.79 Å². The van der Waals surface area contributed by atoms with Crippen molar-refractivity contribution in [2.24, 2.45) is 12.5 Å². The van der Waals surface area contributed by atoms with Crippen LogP contribution in [-0.4, -0.2) is 55.6 Å². The van der Waals surface area contributed by atoms with Crippen molar-refractivity contribution in [3.63, 3.8) is 0 Å². The van der Waals surface area contributed by atoms with Gasteiger partial charge in [-0.3, -0.25) is 9.48 Å². The molecular weight excluding hydrogens is 296 g/mol. The lowest BCUT2D eigenvalue weighted by molar-refractivity contribution is -0.124. The number of aromatic nitrogens is 2. The number of nitrogens with one attached hydrogen (secondary N) is 2. The number of carbonyl (C=O) groups is 1. The first-order valence-corrected chi connectivity index (χ1v) is 8.07. The molecule has 1 aliphatic rings. The van der Waals surface area contributed by atoms with Gasteiger partial charge in [-0.1, -0.05) is 0 Å². The molecule has 7 heteroatoms. The van der Waals surface area contributed by atoms with E-state index in [1.165, 1.54) is 0 Å². The summed E-state index contributed by atoms with van der Waals surface area (Å²) in [5, 5.41) is 10.6. The van der Waals surface area contributed by atoms with Crippen LogP contribution in [0.3, 0.4) is 0 Å². The monoisotopic (exact) mass is 324 g/mol. The summed E-state index contributed by atoms with van der Waals surface area (Å²) >= 11 is 0. The zero-order valence-corrected chi connectivity index (χ0v) is 14.6. The minimum absolute atomic E-state index is 0.00862. The van der Waals surface area contributed by atoms with Crippen molar-refractivity contribution >= 4 is 5.91 Å². The van der Waals surface area contributed by atoms with Gasteiger partial charge in [-0.15, -0.1) is 0 Å². The number of hydrogen-bond acceptors (Lipinski definition) is 5. The maximum Gasteiger partial charge on any atom is 0.257 e. The molecule has 0 radical (unpaired) electrons. The maximum absolute atomic E-state index is 12.1. The molecule has 2 heterocycles. The number of nitrogens with zero attached hydrogens (tertiary/aromatic N) is 2. The molecule has 0 aromatic carbocycles. The Morgan fingerprint density at radius 1 is 1.39 bits per heavy atom. The van der Waals surface area contributed by atoms with E-state index >= 15 is 0 Å². The Hall–Kier alpha value is -1.60. The van der Waals surface area contributed by atoms with E-state index in [1.54, 1.807) is 11.8 Å². The Morgan fingerprint density at radius 3 is 2.65 bits per heavy atom. The third kappa shape index (κ3) is 4.45. The molecule has 0 unspecified atom stereocenters. The third-order valence-corrected chi connectivity index (χ3v) is 4.57. The van der Waals surface area contributed by atoms with Crippen molar-refractivity contribution in [1.29, 1.82) is 0 Å². The average molecular weight is 324 g/mol. The fourth-order valence-electron chi connectivity index (χ4n) is 3.07. The van der Waals surface area contributed by atoms with Gasteiger partial charge in [0.05, 0.1) is 12.3 Å². The summed E-state index contributed by atoms with van der Waals surface area (Å²) < 4.78 is 12.8. The molecule has 0 aliphatic carbocycles. The number of hydrogen-bond donors (Lipinski definition) is 2. The first kappa shape index (κ1) is 17.7. The van der Waals surface area contributed by atoms with E-state index in [-0.39, 0.29) is 17.9 Å². The smallest absolute Gasteiger partial charge is 0.257 e. The molecule has 23 heavy (non-hydrogen) atoms. The zero-order valence-electron chi connectivity index (χ0n) is 14.6. The van der Waals surface area contributed by atoms with Crippen LogP contribution in [-0.2, 0) is 16.6 Å².